The van der Waals surface area contributed by atoms with Crippen LogP contribution >= 0.6 is 0 Å². The predicted molar refractivity (Wildman–Crippen MR) is 58.1 cm³/mol. The molecular formula is C12H12N2O. The summed E-state index contributed by atoms with van der Waals surface area (Å²) < 4.78 is 0. The standard InChI is InChI=1S/C12H12N2O/c1-9(15)12-13-7-11(8-14-12)10-5-3-2-4-6-10/h2-9,15H,1H3. The molecule has 2 aromatic rings. The number of rotatable bonds is 2. The van der Waals surface area contributed by atoms with E-state index in [-0.39, 0.29) is 0 Å². The van der Waals surface area contributed by atoms with E-state index in [0.29, 0.717) is 5.82 Å². The zero-order chi connectivity index (χ0) is 10.7. The predicted octanol–water partition coefficient (Wildman–Crippen LogP) is 2.20. The fourth-order valence-corrected chi connectivity index (χ4v) is 1.33. The SMILES string of the molecule is CC(O)c1ncc(-c2ccccc2)cn1. The van der Waals surface area contributed by atoms with Crippen LogP contribution in [0, 0.1) is 0 Å². The lowest BCUT2D eigenvalue weighted by molar-refractivity contribution is 0.189. The van der Waals surface area contributed by atoms with E-state index in [9.17, 15) is 5.11 Å². The zero-order valence-corrected chi connectivity index (χ0v) is 8.46. The number of nitrogens with zero attached hydrogens (tertiary/aromatic N) is 2. The van der Waals surface area contributed by atoms with E-state index in [2.05, 4.69) is 9.97 Å². The van der Waals surface area contributed by atoms with Crippen molar-refractivity contribution in [3.05, 3.63) is 48.5 Å². The molecule has 1 aromatic carbocycles. The van der Waals surface area contributed by atoms with Crippen molar-refractivity contribution in [1.82, 2.24) is 9.97 Å². The molecule has 0 radical (unpaired) electrons. The maximum atomic E-state index is 9.26. The van der Waals surface area contributed by atoms with E-state index in [4.69, 9.17) is 0 Å². The maximum Gasteiger partial charge on any atom is 0.156 e. The average molecular weight is 200 g/mol. The van der Waals surface area contributed by atoms with Crippen LogP contribution in [0.1, 0.15) is 18.9 Å². The molecule has 1 N–H and O–H groups in total. The van der Waals surface area contributed by atoms with Gasteiger partial charge >= 0.3 is 0 Å². The van der Waals surface area contributed by atoms with Gasteiger partial charge in [-0.3, -0.25) is 0 Å². The first-order valence-electron chi connectivity index (χ1n) is 4.83. The molecule has 2 rings (SSSR count). The molecule has 0 aliphatic heterocycles. The topological polar surface area (TPSA) is 46.0 Å². The first-order chi connectivity index (χ1) is 7.27. The van der Waals surface area contributed by atoms with E-state index >= 15 is 0 Å². The molecule has 1 unspecified atom stereocenters. The van der Waals surface area contributed by atoms with Crippen molar-refractivity contribution in [2.45, 2.75) is 13.0 Å². The molecule has 3 heteroatoms. The molecule has 0 spiro atoms. The van der Waals surface area contributed by atoms with Gasteiger partial charge in [0, 0.05) is 18.0 Å². The smallest absolute Gasteiger partial charge is 0.156 e. The lowest BCUT2D eigenvalue weighted by Crippen LogP contribution is -1.98. The molecule has 76 valence electrons. The Kier molecular flexibility index (Phi) is 2.74. The van der Waals surface area contributed by atoms with Gasteiger partial charge in [0.05, 0.1) is 0 Å². The third kappa shape index (κ3) is 2.19. The van der Waals surface area contributed by atoms with Gasteiger partial charge in [-0.15, -0.1) is 0 Å². The molecule has 15 heavy (non-hydrogen) atoms. The number of aliphatic hydroxyl groups is 1. The van der Waals surface area contributed by atoms with Crippen LogP contribution in [0.5, 0.6) is 0 Å². The second-order valence-electron chi connectivity index (χ2n) is 3.37. The molecule has 1 atom stereocenters. The highest BCUT2D eigenvalue weighted by Gasteiger charge is 2.04. The van der Waals surface area contributed by atoms with E-state index in [1.807, 2.05) is 30.3 Å². The summed E-state index contributed by atoms with van der Waals surface area (Å²) in [6.45, 7) is 1.65. The molecular weight excluding hydrogens is 188 g/mol. The Balaban J connectivity index is 2.32. The van der Waals surface area contributed by atoms with Crippen molar-refractivity contribution in [2.24, 2.45) is 0 Å². The lowest BCUT2D eigenvalue weighted by atomic mass is 10.1. The van der Waals surface area contributed by atoms with Gasteiger partial charge in [0.1, 0.15) is 6.10 Å². The Morgan fingerprint density at radius 2 is 1.60 bits per heavy atom. The summed E-state index contributed by atoms with van der Waals surface area (Å²) in [4.78, 5) is 8.19. The fraction of sp³-hybridized carbons (Fsp3) is 0.167. The van der Waals surface area contributed by atoms with Crippen LogP contribution in [-0.4, -0.2) is 15.1 Å². The number of hydrogen-bond donors (Lipinski definition) is 1. The highest BCUT2D eigenvalue weighted by Crippen LogP contribution is 2.17. The summed E-state index contributed by atoms with van der Waals surface area (Å²) >= 11 is 0. The number of hydrogen-bond acceptors (Lipinski definition) is 3. The molecule has 0 fully saturated rings. The Labute approximate surface area is 88.5 Å². The van der Waals surface area contributed by atoms with Gasteiger partial charge in [-0.25, -0.2) is 9.97 Å². The first kappa shape index (κ1) is 9.80. The fourth-order valence-electron chi connectivity index (χ4n) is 1.33. The molecule has 0 saturated heterocycles. The number of benzene rings is 1. The summed E-state index contributed by atoms with van der Waals surface area (Å²) in [6.07, 6.45) is 2.84. The van der Waals surface area contributed by atoms with Gasteiger partial charge in [-0.2, -0.15) is 0 Å². The van der Waals surface area contributed by atoms with Crippen molar-refractivity contribution in [3.63, 3.8) is 0 Å². The zero-order valence-electron chi connectivity index (χ0n) is 8.46. The minimum Gasteiger partial charge on any atom is -0.385 e. The van der Waals surface area contributed by atoms with Crippen LogP contribution in [0.4, 0.5) is 0 Å². The Bertz CT molecular complexity index is 423. The molecule has 0 saturated carbocycles. The molecule has 0 aliphatic rings. The van der Waals surface area contributed by atoms with E-state index < -0.39 is 6.10 Å². The average Bonchev–Trinajstić information content (AvgIpc) is 2.30. The Morgan fingerprint density at radius 1 is 1.00 bits per heavy atom. The highest BCUT2D eigenvalue weighted by atomic mass is 16.3. The molecule has 3 nitrogen and oxygen atoms in total. The second-order valence-corrected chi connectivity index (χ2v) is 3.37. The van der Waals surface area contributed by atoms with Gasteiger partial charge in [0.25, 0.3) is 0 Å². The third-order valence-corrected chi connectivity index (χ3v) is 2.15. The first-order valence-corrected chi connectivity index (χ1v) is 4.83. The van der Waals surface area contributed by atoms with E-state index in [0.717, 1.165) is 11.1 Å². The summed E-state index contributed by atoms with van der Waals surface area (Å²) in [5, 5.41) is 9.26. The Hall–Kier alpha value is -1.74. The van der Waals surface area contributed by atoms with Gasteiger partial charge in [0.15, 0.2) is 5.82 Å². The van der Waals surface area contributed by atoms with Gasteiger partial charge in [-0.05, 0) is 12.5 Å². The van der Waals surface area contributed by atoms with Gasteiger partial charge in [-0.1, -0.05) is 30.3 Å². The third-order valence-electron chi connectivity index (χ3n) is 2.15. The summed E-state index contributed by atoms with van der Waals surface area (Å²) in [7, 11) is 0. The van der Waals surface area contributed by atoms with E-state index in [1.54, 1.807) is 19.3 Å². The maximum absolute atomic E-state index is 9.26. The summed E-state index contributed by atoms with van der Waals surface area (Å²) in [5.74, 6) is 0.453. The van der Waals surface area contributed by atoms with Crippen LogP contribution in [0.25, 0.3) is 11.1 Å². The van der Waals surface area contributed by atoms with Crippen LogP contribution in [0.3, 0.4) is 0 Å². The van der Waals surface area contributed by atoms with Crippen molar-refractivity contribution >= 4 is 0 Å². The van der Waals surface area contributed by atoms with E-state index in [1.165, 1.54) is 0 Å². The Morgan fingerprint density at radius 3 is 2.13 bits per heavy atom. The minimum absolute atomic E-state index is 0.453. The minimum atomic E-state index is -0.616. The summed E-state index contributed by atoms with van der Waals surface area (Å²) in [6, 6.07) is 9.91. The molecule has 0 aliphatic carbocycles. The van der Waals surface area contributed by atoms with Crippen molar-refractivity contribution in [2.75, 3.05) is 0 Å². The molecule has 1 aromatic heterocycles. The largest absolute Gasteiger partial charge is 0.385 e. The van der Waals surface area contributed by atoms with Gasteiger partial charge < -0.3 is 5.11 Å². The number of aliphatic hydroxyl groups excluding tert-OH is 1. The second kappa shape index (κ2) is 4.19. The van der Waals surface area contributed by atoms with Gasteiger partial charge in [0.2, 0.25) is 0 Å². The van der Waals surface area contributed by atoms with Crippen LogP contribution in [-0.2, 0) is 0 Å². The lowest BCUT2D eigenvalue weighted by Gasteiger charge is -2.04. The number of aromatic nitrogens is 2. The van der Waals surface area contributed by atoms with Crippen molar-refractivity contribution < 1.29 is 5.11 Å². The molecule has 1 heterocycles. The molecule has 0 amide bonds. The molecule has 0 bridgehead atoms. The van der Waals surface area contributed by atoms with Crippen LogP contribution in [0.2, 0.25) is 0 Å². The van der Waals surface area contributed by atoms with Crippen LogP contribution < -0.4 is 0 Å². The highest BCUT2D eigenvalue weighted by molar-refractivity contribution is 5.60. The summed E-state index contributed by atoms with van der Waals surface area (Å²) in [5.41, 5.74) is 2.04. The normalized spacial score (nSPS) is 12.4. The van der Waals surface area contributed by atoms with Crippen LogP contribution in [0.15, 0.2) is 42.7 Å². The monoisotopic (exact) mass is 200 g/mol. The van der Waals surface area contributed by atoms with Crippen molar-refractivity contribution in [3.8, 4) is 11.1 Å². The van der Waals surface area contributed by atoms with Crippen molar-refractivity contribution in [1.29, 1.82) is 0 Å². The quantitative estimate of drug-likeness (QED) is 0.808.